The summed E-state index contributed by atoms with van der Waals surface area (Å²) in [6, 6.07) is 15.4. The van der Waals surface area contributed by atoms with E-state index in [2.05, 4.69) is 4.98 Å². The zero-order chi connectivity index (χ0) is 22.7. The van der Waals surface area contributed by atoms with E-state index < -0.39 is 17.7 Å². The number of carbonyl (C=O) groups excluding carboxylic acids is 2. The molecular weight excluding hydrogens is 411 g/mol. The van der Waals surface area contributed by atoms with E-state index in [9.17, 15) is 19.1 Å². The van der Waals surface area contributed by atoms with Gasteiger partial charge in [0.05, 0.1) is 24.3 Å². The Hall–Kier alpha value is -4.00. The van der Waals surface area contributed by atoms with Crippen LogP contribution in [0.3, 0.4) is 0 Å². The van der Waals surface area contributed by atoms with Crippen molar-refractivity contribution in [3.05, 3.63) is 101 Å². The molecule has 32 heavy (non-hydrogen) atoms. The molecule has 7 heteroatoms. The SMILES string of the molecule is COc1ccccc1/C(O)=C1/C(=O)C(=O)N(CCc2ccc(F)cc2)C1c1ccncc1. The molecule has 1 N–H and O–H groups in total. The number of Topliss-reactive ketones (excluding diaryl/α,β-unsaturated/α-hetero) is 1. The highest BCUT2D eigenvalue weighted by atomic mass is 19.1. The van der Waals surface area contributed by atoms with Crippen molar-refractivity contribution in [2.75, 3.05) is 13.7 Å². The minimum Gasteiger partial charge on any atom is -0.507 e. The molecule has 1 fully saturated rings. The van der Waals surface area contributed by atoms with Crippen LogP contribution < -0.4 is 4.74 Å². The molecule has 1 atom stereocenters. The zero-order valence-corrected chi connectivity index (χ0v) is 17.4. The lowest BCUT2D eigenvalue weighted by molar-refractivity contribution is -0.139. The van der Waals surface area contributed by atoms with E-state index in [0.717, 1.165) is 5.56 Å². The number of para-hydroxylation sites is 1. The quantitative estimate of drug-likeness (QED) is 0.363. The third-order valence-electron chi connectivity index (χ3n) is 5.48. The third-order valence-corrected chi connectivity index (χ3v) is 5.48. The highest BCUT2D eigenvalue weighted by Gasteiger charge is 2.46. The van der Waals surface area contributed by atoms with Gasteiger partial charge < -0.3 is 14.7 Å². The monoisotopic (exact) mass is 432 g/mol. The molecule has 0 bridgehead atoms. The van der Waals surface area contributed by atoms with Gasteiger partial charge in [-0.05, 0) is 53.9 Å². The number of rotatable bonds is 6. The van der Waals surface area contributed by atoms with Gasteiger partial charge in [0.15, 0.2) is 0 Å². The number of halogens is 1. The van der Waals surface area contributed by atoms with Crippen LogP contribution in [0.25, 0.3) is 5.76 Å². The minimum absolute atomic E-state index is 0.00944. The topological polar surface area (TPSA) is 79.7 Å². The van der Waals surface area contributed by atoms with Crippen LogP contribution in [-0.4, -0.2) is 40.3 Å². The van der Waals surface area contributed by atoms with Gasteiger partial charge in [-0.2, -0.15) is 0 Å². The predicted molar refractivity (Wildman–Crippen MR) is 116 cm³/mol. The molecule has 6 nitrogen and oxygen atoms in total. The van der Waals surface area contributed by atoms with Gasteiger partial charge >= 0.3 is 0 Å². The first-order valence-electron chi connectivity index (χ1n) is 10.1. The van der Waals surface area contributed by atoms with Crippen LogP contribution in [0, 0.1) is 5.82 Å². The summed E-state index contributed by atoms with van der Waals surface area (Å²) in [5, 5.41) is 11.1. The van der Waals surface area contributed by atoms with E-state index in [-0.39, 0.29) is 23.7 Å². The number of ketones is 1. The standard InChI is InChI=1S/C25H21FN2O4/c1-32-20-5-3-2-4-19(20)23(29)21-22(17-10-13-27-14-11-17)28(25(31)24(21)30)15-12-16-6-8-18(26)9-7-16/h2-11,13-14,22,29H,12,15H2,1H3/b23-21-. The molecule has 4 rings (SSSR count). The summed E-state index contributed by atoms with van der Waals surface area (Å²) in [7, 11) is 1.47. The lowest BCUT2D eigenvalue weighted by atomic mass is 9.95. The van der Waals surface area contributed by atoms with Crippen molar-refractivity contribution in [2.45, 2.75) is 12.5 Å². The summed E-state index contributed by atoms with van der Waals surface area (Å²) < 4.78 is 18.6. The lowest BCUT2D eigenvalue weighted by Crippen LogP contribution is -2.31. The van der Waals surface area contributed by atoms with Crippen molar-refractivity contribution >= 4 is 17.4 Å². The normalized spacial score (nSPS) is 17.6. The van der Waals surface area contributed by atoms with Gasteiger partial charge in [0.2, 0.25) is 0 Å². The van der Waals surface area contributed by atoms with Crippen LogP contribution in [0.15, 0.2) is 78.6 Å². The van der Waals surface area contributed by atoms with Gasteiger partial charge in [-0.1, -0.05) is 24.3 Å². The number of aromatic nitrogens is 1. The largest absolute Gasteiger partial charge is 0.507 e. The van der Waals surface area contributed by atoms with E-state index in [1.165, 1.54) is 24.1 Å². The van der Waals surface area contributed by atoms with Crippen molar-refractivity contribution < 1.29 is 23.8 Å². The first kappa shape index (κ1) is 21.2. The van der Waals surface area contributed by atoms with Crippen LogP contribution in [0.4, 0.5) is 4.39 Å². The molecule has 0 spiro atoms. The van der Waals surface area contributed by atoms with Crippen LogP contribution >= 0.6 is 0 Å². The second-order valence-corrected chi connectivity index (χ2v) is 7.35. The molecule has 1 aliphatic heterocycles. The maximum Gasteiger partial charge on any atom is 0.295 e. The van der Waals surface area contributed by atoms with Crippen LogP contribution in [-0.2, 0) is 16.0 Å². The van der Waals surface area contributed by atoms with Crippen LogP contribution in [0.1, 0.15) is 22.7 Å². The Kier molecular flexibility index (Phi) is 5.98. The Morgan fingerprint density at radius 2 is 1.75 bits per heavy atom. The van der Waals surface area contributed by atoms with E-state index in [1.54, 1.807) is 60.9 Å². The molecule has 0 radical (unpaired) electrons. The maximum absolute atomic E-state index is 13.2. The average molecular weight is 432 g/mol. The van der Waals surface area contributed by atoms with E-state index in [0.29, 0.717) is 23.3 Å². The zero-order valence-electron chi connectivity index (χ0n) is 17.4. The molecule has 0 saturated carbocycles. The third kappa shape index (κ3) is 3.97. The minimum atomic E-state index is -0.789. The number of pyridine rings is 1. The van der Waals surface area contributed by atoms with Crippen molar-refractivity contribution in [2.24, 2.45) is 0 Å². The molecule has 1 unspecified atom stereocenters. The van der Waals surface area contributed by atoms with Crippen molar-refractivity contribution in [1.29, 1.82) is 0 Å². The van der Waals surface area contributed by atoms with Crippen LogP contribution in [0.2, 0.25) is 0 Å². The molecule has 1 amide bonds. The highest BCUT2D eigenvalue weighted by Crippen LogP contribution is 2.40. The fourth-order valence-corrected chi connectivity index (χ4v) is 3.89. The fourth-order valence-electron chi connectivity index (χ4n) is 3.89. The number of aliphatic hydroxyl groups excluding tert-OH is 1. The summed E-state index contributed by atoms with van der Waals surface area (Å²) in [6.07, 6.45) is 3.56. The number of hydrogen-bond acceptors (Lipinski definition) is 5. The average Bonchev–Trinajstić information content (AvgIpc) is 3.08. The van der Waals surface area contributed by atoms with Gasteiger partial charge in [-0.15, -0.1) is 0 Å². The smallest absolute Gasteiger partial charge is 0.295 e. The van der Waals surface area contributed by atoms with Gasteiger partial charge in [0, 0.05) is 18.9 Å². The van der Waals surface area contributed by atoms with Gasteiger partial charge in [0.25, 0.3) is 11.7 Å². The molecule has 2 aromatic carbocycles. The number of ether oxygens (including phenoxy) is 1. The number of likely N-dealkylation sites (tertiary alicyclic amines) is 1. The summed E-state index contributed by atoms with van der Waals surface area (Å²) in [5.41, 5.74) is 1.79. The molecule has 1 saturated heterocycles. The lowest BCUT2D eigenvalue weighted by Gasteiger charge is -2.25. The highest BCUT2D eigenvalue weighted by molar-refractivity contribution is 6.46. The summed E-state index contributed by atoms with van der Waals surface area (Å²) in [6.45, 7) is 0.214. The first-order chi connectivity index (χ1) is 15.5. The van der Waals surface area contributed by atoms with Gasteiger partial charge in [-0.25, -0.2) is 4.39 Å². The molecule has 2 heterocycles. The Bertz CT molecular complexity index is 1180. The second kappa shape index (κ2) is 9.01. The van der Waals surface area contributed by atoms with E-state index in [4.69, 9.17) is 4.74 Å². The predicted octanol–water partition coefficient (Wildman–Crippen LogP) is 3.89. The van der Waals surface area contributed by atoms with Crippen molar-refractivity contribution in [3.63, 3.8) is 0 Å². The Morgan fingerprint density at radius 1 is 1.06 bits per heavy atom. The molecule has 1 aromatic heterocycles. The number of carbonyl (C=O) groups is 2. The number of amides is 1. The number of aliphatic hydroxyl groups is 1. The molecule has 1 aliphatic rings. The van der Waals surface area contributed by atoms with Crippen LogP contribution in [0.5, 0.6) is 5.75 Å². The van der Waals surface area contributed by atoms with Crippen molar-refractivity contribution in [1.82, 2.24) is 9.88 Å². The Morgan fingerprint density at radius 3 is 2.44 bits per heavy atom. The van der Waals surface area contributed by atoms with Crippen molar-refractivity contribution in [3.8, 4) is 5.75 Å². The number of methoxy groups -OCH3 is 1. The fraction of sp³-hybridized carbons (Fsp3) is 0.160. The Balaban J connectivity index is 1.78. The summed E-state index contributed by atoms with van der Waals surface area (Å²) >= 11 is 0. The summed E-state index contributed by atoms with van der Waals surface area (Å²) in [4.78, 5) is 31.5. The van der Waals surface area contributed by atoms with Gasteiger partial charge in [0.1, 0.15) is 17.3 Å². The molecule has 162 valence electrons. The second-order valence-electron chi connectivity index (χ2n) is 7.35. The van der Waals surface area contributed by atoms with E-state index >= 15 is 0 Å². The molecule has 0 aliphatic carbocycles. The number of hydrogen-bond donors (Lipinski definition) is 1. The van der Waals surface area contributed by atoms with Gasteiger partial charge in [-0.3, -0.25) is 14.6 Å². The van der Waals surface area contributed by atoms with E-state index in [1.807, 2.05) is 0 Å². The number of nitrogens with zero attached hydrogens (tertiary/aromatic N) is 2. The Labute approximate surface area is 184 Å². The molecular formula is C25H21FN2O4. The first-order valence-corrected chi connectivity index (χ1v) is 10.1. The number of benzene rings is 2. The molecule has 3 aromatic rings. The maximum atomic E-state index is 13.2. The summed E-state index contributed by atoms with van der Waals surface area (Å²) in [5.74, 6) is -1.73.